The molecule has 0 fully saturated rings. The van der Waals surface area contributed by atoms with Gasteiger partial charge in [-0.05, 0) is 39.2 Å². The fraction of sp³-hybridized carbons (Fsp3) is 0.0556. The number of hydrogen-bond donors (Lipinski definition) is 1. The van der Waals surface area contributed by atoms with Gasteiger partial charge in [0.25, 0.3) is 0 Å². The van der Waals surface area contributed by atoms with Gasteiger partial charge in [0.1, 0.15) is 0 Å². The monoisotopic (exact) mass is 327 g/mol. The highest BCUT2D eigenvalue weighted by Crippen LogP contribution is 2.30. The molecule has 0 unspecified atom stereocenters. The van der Waals surface area contributed by atoms with E-state index in [1.165, 1.54) is 16.3 Å². The first kappa shape index (κ1) is 13.8. The number of hydrogen-bond acceptors (Lipinski definition) is 5. The smallest absolute Gasteiger partial charge is 0.184 e. The molecule has 0 radical (unpaired) electrons. The summed E-state index contributed by atoms with van der Waals surface area (Å²) in [7, 11) is 0. The molecule has 7 heteroatoms. The van der Waals surface area contributed by atoms with Crippen LogP contribution in [0.4, 0.5) is 0 Å². The van der Waals surface area contributed by atoms with Crippen LogP contribution in [0.2, 0.25) is 0 Å². The van der Waals surface area contributed by atoms with Crippen LogP contribution in [-0.4, -0.2) is 35.2 Å². The number of H-pyrrole nitrogens is 1. The van der Waals surface area contributed by atoms with Gasteiger partial charge in [-0.15, -0.1) is 5.10 Å². The maximum absolute atomic E-state index is 4.59. The van der Waals surface area contributed by atoms with Crippen molar-refractivity contribution < 1.29 is 0 Å². The SMILES string of the molecule is Cc1cc(-c2cnc3c(-c4nnn[nH]4)cnn3c2)c2ccccc2c1. The molecule has 1 N–H and O–H groups in total. The van der Waals surface area contributed by atoms with Crippen molar-refractivity contribution in [2.75, 3.05) is 0 Å². The Morgan fingerprint density at radius 3 is 2.84 bits per heavy atom. The lowest BCUT2D eigenvalue weighted by Gasteiger charge is -2.09. The van der Waals surface area contributed by atoms with E-state index < -0.39 is 0 Å². The second kappa shape index (κ2) is 5.20. The minimum atomic E-state index is 0.552. The molecule has 0 aliphatic heterocycles. The lowest BCUT2D eigenvalue weighted by Crippen LogP contribution is -1.93. The number of aromatic amines is 1. The fourth-order valence-corrected chi connectivity index (χ4v) is 3.15. The molecule has 0 amide bonds. The van der Waals surface area contributed by atoms with E-state index in [4.69, 9.17) is 0 Å². The number of aromatic nitrogens is 7. The van der Waals surface area contributed by atoms with Crippen molar-refractivity contribution in [2.45, 2.75) is 6.92 Å². The van der Waals surface area contributed by atoms with Crippen LogP contribution >= 0.6 is 0 Å². The summed E-state index contributed by atoms with van der Waals surface area (Å²) in [6.07, 6.45) is 5.56. The van der Waals surface area contributed by atoms with Crippen molar-refractivity contribution in [3.63, 3.8) is 0 Å². The minimum absolute atomic E-state index is 0.552. The summed E-state index contributed by atoms with van der Waals surface area (Å²) < 4.78 is 1.75. The van der Waals surface area contributed by atoms with Crippen molar-refractivity contribution >= 4 is 16.4 Å². The molecule has 3 heterocycles. The zero-order chi connectivity index (χ0) is 16.8. The van der Waals surface area contributed by atoms with Gasteiger partial charge in [0.05, 0.1) is 11.8 Å². The van der Waals surface area contributed by atoms with Gasteiger partial charge in [0.2, 0.25) is 0 Å². The molecule has 7 nitrogen and oxygen atoms in total. The van der Waals surface area contributed by atoms with Crippen LogP contribution in [0.1, 0.15) is 5.56 Å². The molecule has 0 saturated heterocycles. The second-order valence-corrected chi connectivity index (χ2v) is 5.95. The standard InChI is InChI=1S/C18H13N7/c1-11-6-12-4-2-3-5-14(12)15(7-11)13-8-19-18-16(9-20-25(18)10-13)17-21-23-24-22-17/h2-10H,1H3,(H,21,22,23,24). The lowest BCUT2D eigenvalue weighted by molar-refractivity contribution is 0.881. The maximum atomic E-state index is 4.59. The molecule has 120 valence electrons. The Kier molecular flexibility index (Phi) is 2.87. The van der Waals surface area contributed by atoms with Crippen LogP contribution < -0.4 is 0 Å². The lowest BCUT2D eigenvalue weighted by atomic mass is 9.98. The Morgan fingerprint density at radius 2 is 1.96 bits per heavy atom. The van der Waals surface area contributed by atoms with E-state index in [1.54, 1.807) is 10.7 Å². The van der Waals surface area contributed by atoms with Gasteiger partial charge in [-0.25, -0.2) is 14.6 Å². The normalized spacial score (nSPS) is 11.4. The van der Waals surface area contributed by atoms with E-state index >= 15 is 0 Å². The first-order chi connectivity index (χ1) is 12.3. The summed E-state index contributed by atoms with van der Waals surface area (Å²) in [5, 5.41) is 20.7. The van der Waals surface area contributed by atoms with Gasteiger partial charge in [-0.3, -0.25) is 0 Å². The van der Waals surface area contributed by atoms with Gasteiger partial charge < -0.3 is 0 Å². The average Bonchev–Trinajstić information content (AvgIpc) is 3.29. The molecule has 0 aliphatic carbocycles. The van der Waals surface area contributed by atoms with Crippen LogP contribution in [0.3, 0.4) is 0 Å². The molecule has 25 heavy (non-hydrogen) atoms. The maximum Gasteiger partial charge on any atom is 0.184 e. The highest BCUT2D eigenvalue weighted by Gasteiger charge is 2.13. The molecule has 5 aromatic rings. The number of fused-ring (bicyclic) bond motifs is 2. The molecule has 0 atom stereocenters. The van der Waals surface area contributed by atoms with Crippen molar-refractivity contribution in [1.82, 2.24) is 35.2 Å². The largest absolute Gasteiger partial charge is 0.239 e. The Morgan fingerprint density at radius 1 is 1.04 bits per heavy atom. The van der Waals surface area contributed by atoms with E-state index in [1.807, 2.05) is 12.4 Å². The Bertz CT molecular complexity index is 1210. The second-order valence-electron chi connectivity index (χ2n) is 5.95. The summed E-state index contributed by atoms with van der Waals surface area (Å²) in [4.78, 5) is 4.59. The first-order valence-electron chi connectivity index (χ1n) is 7.87. The molecular formula is C18H13N7. The van der Waals surface area contributed by atoms with E-state index in [0.29, 0.717) is 11.5 Å². The highest BCUT2D eigenvalue weighted by molar-refractivity contribution is 5.97. The molecule has 0 spiro atoms. The summed E-state index contributed by atoms with van der Waals surface area (Å²) in [5.74, 6) is 0.552. The van der Waals surface area contributed by atoms with Crippen molar-refractivity contribution in [2.24, 2.45) is 0 Å². The van der Waals surface area contributed by atoms with E-state index in [0.717, 1.165) is 16.7 Å². The average molecular weight is 327 g/mol. The summed E-state index contributed by atoms with van der Waals surface area (Å²) >= 11 is 0. The third-order valence-corrected chi connectivity index (χ3v) is 4.27. The molecule has 0 bridgehead atoms. The van der Waals surface area contributed by atoms with Gasteiger partial charge in [-0.1, -0.05) is 36.4 Å². The Labute approximate surface area is 142 Å². The molecule has 0 saturated carbocycles. The topological polar surface area (TPSA) is 84.6 Å². The third kappa shape index (κ3) is 2.17. The number of tetrazole rings is 1. The number of aryl methyl sites for hydroxylation is 1. The predicted octanol–water partition coefficient (Wildman–Crippen LogP) is 3.04. The van der Waals surface area contributed by atoms with E-state index in [9.17, 15) is 0 Å². The van der Waals surface area contributed by atoms with Crippen LogP contribution in [0.15, 0.2) is 55.0 Å². The van der Waals surface area contributed by atoms with Crippen molar-refractivity contribution in [3.05, 3.63) is 60.6 Å². The Balaban J connectivity index is 1.72. The molecule has 0 aliphatic rings. The predicted molar refractivity (Wildman–Crippen MR) is 93.8 cm³/mol. The van der Waals surface area contributed by atoms with Crippen molar-refractivity contribution in [1.29, 1.82) is 0 Å². The molecule has 5 rings (SSSR count). The van der Waals surface area contributed by atoms with Crippen LogP contribution in [0, 0.1) is 6.92 Å². The third-order valence-electron chi connectivity index (χ3n) is 4.27. The zero-order valence-corrected chi connectivity index (χ0v) is 13.4. The number of nitrogens with zero attached hydrogens (tertiary/aromatic N) is 6. The van der Waals surface area contributed by atoms with Crippen LogP contribution in [0.5, 0.6) is 0 Å². The number of rotatable bonds is 2. The van der Waals surface area contributed by atoms with Crippen LogP contribution in [0.25, 0.3) is 38.9 Å². The quantitative estimate of drug-likeness (QED) is 0.539. The highest BCUT2D eigenvalue weighted by atomic mass is 15.5. The fourth-order valence-electron chi connectivity index (χ4n) is 3.15. The van der Waals surface area contributed by atoms with Crippen LogP contribution in [-0.2, 0) is 0 Å². The van der Waals surface area contributed by atoms with E-state index in [2.05, 4.69) is 74.0 Å². The minimum Gasteiger partial charge on any atom is -0.239 e. The molecule has 3 aromatic heterocycles. The van der Waals surface area contributed by atoms with Gasteiger partial charge >= 0.3 is 0 Å². The molecular weight excluding hydrogens is 314 g/mol. The number of nitrogens with one attached hydrogen (secondary N) is 1. The van der Waals surface area contributed by atoms with Gasteiger partial charge in [-0.2, -0.15) is 5.10 Å². The van der Waals surface area contributed by atoms with Gasteiger partial charge in [0, 0.05) is 18.0 Å². The summed E-state index contributed by atoms with van der Waals surface area (Å²) in [5.41, 5.74) is 4.84. The van der Waals surface area contributed by atoms with E-state index in [-0.39, 0.29) is 0 Å². The Hall–Kier alpha value is -3.61. The summed E-state index contributed by atoms with van der Waals surface area (Å²) in [6.45, 7) is 2.10. The summed E-state index contributed by atoms with van der Waals surface area (Å²) in [6, 6.07) is 12.7. The molecule has 2 aromatic carbocycles. The zero-order valence-electron chi connectivity index (χ0n) is 13.4. The number of benzene rings is 2. The van der Waals surface area contributed by atoms with Gasteiger partial charge in [0.15, 0.2) is 11.5 Å². The van der Waals surface area contributed by atoms with Crippen molar-refractivity contribution in [3.8, 4) is 22.5 Å². The first-order valence-corrected chi connectivity index (χ1v) is 7.87.